The van der Waals surface area contributed by atoms with Crippen molar-refractivity contribution in [1.82, 2.24) is 0 Å². The minimum Gasteiger partial charge on any atom is -0.500 e. The Balaban J connectivity index is 4.26. The van der Waals surface area contributed by atoms with Gasteiger partial charge in [0.2, 0.25) is 0 Å². The van der Waals surface area contributed by atoms with Crippen molar-refractivity contribution in [1.29, 1.82) is 5.26 Å². The highest BCUT2D eigenvalue weighted by Crippen LogP contribution is 2.00. The number of carbonyl (C=O) groups is 1. The van der Waals surface area contributed by atoms with Crippen molar-refractivity contribution in [3.8, 4) is 6.07 Å². The molecule has 0 unspecified atom stereocenters. The van der Waals surface area contributed by atoms with Crippen molar-refractivity contribution < 1.29 is 14.3 Å². The third-order valence-corrected chi connectivity index (χ3v) is 1.05. The van der Waals surface area contributed by atoms with Crippen LogP contribution < -0.4 is 0 Å². The van der Waals surface area contributed by atoms with Gasteiger partial charge in [0.1, 0.15) is 12.3 Å². The van der Waals surface area contributed by atoms with Gasteiger partial charge in [-0.2, -0.15) is 5.26 Å². The van der Waals surface area contributed by atoms with E-state index in [9.17, 15) is 4.79 Å². The van der Waals surface area contributed by atoms with Crippen molar-refractivity contribution in [3.63, 3.8) is 0 Å². The highest BCUT2D eigenvalue weighted by atomic mass is 16.5. The van der Waals surface area contributed by atoms with Crippen LogP contribution in [0, 0.1) is 11.3 Å². The third-order valence-electron chi connectivity index (χ3n) is 1.05. The number of nitrogens with zero attached hydrogens (tertiary/aromatic N) is 1. The van der Waals surface area contributed by atoms with Gasteiger partial charge in [0.25, 0.3) is 0 Å². The molecule has 0 saturated heterocycles. The second-order valence-electron chi connectivity index (χ2n) is 2.55. The first-order chi connectivity index (χ1) is 6.11. The molecule has 0 saturated carbocycles. The molecular formula is C9H13NO3. The zero-order valence-electron chi connectivity index (χ0n) is 8.03. The van der Waals surface area contributed by atoms with E-state index in [1.807, 2.05) is 0 Å². The van der Waals surface area contributed by atoms with Crippen LogP contribution in [0.2, 0.25) is 0 Å². The van der Waals surface area contributed by atoms with Crippen LogP contribution in [0.1, 0.15) is 20.8 Å². The van der Waals surface area contributed by atoms with E-state index in [1.165, 1.54) is 0 Å². The van der Waals surface area contributed by atoms with Gasteiger partial charge in [0.05, 0.1) is 12.7 Å². The molecule has 0 aromatic heterocycles. The monoisotopic (exact) mass is 183 g/mol. The molecule has 0 radical (unpaired) electrons. The summed E-state index contributed by atoms with van der Waals surface area (Å²) >= 11 is 0. The van der Waals surface area contributed by atoms with Gasteiger partial charge in [-0.1, -0.05) is 0 Å². The molecule has 4 nitrogen and oxygen atoms in total. The van der Waals surface area contributed by atoms with Crippen LogP contribution in [-0.2, 0) is 14.3 Å². The maximum absolute atomic E-state index is 11.1. The van der Waals surface area contributed by atoms with E-state index in [0.717, 1.165) is 6.26 Å². The van der Waals surface area contributed by atoms with Gasteiger partial charge in [-0.25, -0.2) is 4.79 Å². The van der Waals surface area contributed by atoms with Gasteiger partial charge < -0.3 is 9.47 Å². The van der Waals surface area contributed by atoms with E-state index in [2.05, 4.69) is 0 Å². The Bertz CT molecular complexity index is 238. The predicted molar refractivity (Wildman–Crippen MR) is 46.6 cm³/mol. The first-order valence-corrected chi connectivity index (χ1v) is 4.04. The van der Waals surface area contributed by atoms with Crippen molar-refractivity contribution >= 4 is 5.97 Å². The molecule has 0 aliphatic carbocycles. The predicted octanol–water partition coefficient (Wildman–Crippen LogP) is 1.38. The first kappa shape index (κ1) is 11.5. The van der Waals surface area contributed by atoms with Gasteiger partial charge in [0, 0.05) is 0 Å². The van der Waals surface area contributed by atoms with Crippen molar-refractivity contribution in [2.24, 2.45) is 0 Å². The molecule has 0 N–H and O–H groups in total. The Kier molecular flexibility index (Phi) is 5.37. The van der Waals surface area contributed by atoms with Gasteiger partial charge in [-0.3, -0.25) is 0 Å². The highest BCUT2D eigenvalue weighted by Gasteiger charge is 2.12. The van der Waals surface area contributed by atoms with Crippen molar-refractivity contribution in [2.45, 2.75) is 26.9 Å². The number of nitriles is 1. The summed E-state index contributed by atoms with van der Waals surface area (Å²) in [6.45, 7) is 5.61. The van der Waals surface area contributed by atoms with Crippen LogP contribution in [0.15, 0.2) is 11.8 Å². The van der Waals surface area contributed by atoms with Crippen LogP contribution in [-0.4, -0.2) is 18.7 Å². The minimum absolute atomic E-state index is 0.115. The van der Waals surface area contributed by atoms with Crippen molar-refractivity contribution in [3.05, 3.63) is 11.8 Å². The molecule has 0 aliphatic rings. The lowest BCUT2D eigenvalue weighted by atomic mass is 10.3. The Morgan fingerprint density at radius 1 is 1.62 bits per heavy atom. The minimum atomic E-state index is -0.647. The fourth-order valence-electron chi connectivity index (χ4n) is 0.564. The Morgan fingerprint density at radius 2 is 2.23 bits per heavy atom. The summed E-state index contributed by atoms with van der Waals surface area (Å²) in [5, 5.41) is 8.54. The van der Waals surface area contributed by atoms with E-state index in [0.29, 0.717) is 6.61 Å². The topological polar surface area (TPSA) is 59.3 Å². The molecule has 0 amide bonds. The fourth-order valence-corrected chi connectivity index (χ4v) is 0.564. The summed E-state index contributed by atoms with van der Waals surface area (Å²) in [5.74, 6) is -0.647. The molecule has 0 atom stereocenters. The smallest absolute Gasteiger partial charge is 0.352 e. The third kappa shape index (κ3) is 4.86. The number of hydrogen-bond acceptors (Lipinski definition) is 4. The largest absolute Gasteiger partial charge is 0.500 e. The second-order valence-corrected chi connectivity index (χ2v) is 2.55. The zero-order chi connectivity index (χ0) is 10.3. The van der Waals surface area contributed by atoms with Crippen LogP contribution in [0.5, 0.6) is 0 Å². The van der Waals surface area contributed by atoms with Crippen LogP contribution >= 0.6 is 0 Å². The second kappa shape index (κ2) is 6.06. The lowest BCUT2D eigenvalue weighted by Crippen LogP contribution is -2.13. The molecule has 0 rings (SSSR count). The summed E-state index contributed by atoms with van der Waals surface area (Å²) < 4.78 is 9.59. The number of carbonyl (C=O) groups excluding carboxylic acids is 1. The molecular weight excluding hydrogens is 170 g/mol. The van der Waals surface area contributed by atoms with Crippen LogP contribution in [0.4, 0.5) is 0 Å². The molecule has 13 heavy (non-hydrogen) atoms. The summed E-state index contributed by atoms with van der Waals surface area (Å²) in [7, 11) is 0. The van der Waals surface area contributed by atoms with E-state index in [1.54, 1.807) is 26.8 Å². The van der Waals surface area contributed by atoms with Gasteiger partial charge in [-0.05, 0) is 20.8 Å². The van der Waals surface area contributed by atoms with Gasteiger partial charge in [-0.15, -0.1) is 0 Å². The number of hydrogen-bond donors (Lipinski definition) is 0. The molecule has 0 spiro atoms. The van der Waals surface area contributed by atoms with Crippen LogP contribution in [0.25, 0.3) is 0 Å². The van der Waals surface area contributed by atoms with Crippen molar-refractivity contribution in [2.75, 3.05) is 6.61 Å². The average molecular weight is 183 g/mol. The molecule has 72 valence electrons. The maximum Gasteiger partial charge on any atom is 0.352 e. The van der Waals surface area contributed by atoms with E-state index >= 15 is 0 Å². The normalized spacial score (nSPS) is 10.8. The number of ether oxygens (including phenoxy) is 2. The molecule has 0 fully saturated rings. The molecule has 0 aliphatic heterocycles. The maximum atomic E-state index is 11.1. The van der Waals surface area contributed by atoms with E-state index < -0.39 is 5.97 Å². The van der Waals surface area contributed by atoms with Gasteiger partial charge >= 0.3 is 5.97 Å². The SMILES string of the molecule is CCO/C=C(\C#N)C(=O)OC(C)C. The molecule has 0 aromatic carbocycles. The Hall–Kier alpha value is -1.50. The number of rotatable bonds is 4. The summed E-state index contributed by atoms with van der Waals surface area (Å²) in [4.78, 5) is 11.1. The quantitative estimate of drug-likeness (QED) is 0.286. The summed E-state index contributed by atoms with van der Waals surface area (Å²) in [6.07, 6.45) is 0.885. The molecule has 0 heterocycles. The fraction of sp³-hybridized carbons (Fsp3) is 0.556. The van der Waals surface area contributed by atoms with Gasteiger partial charge in [0.15, 0.2) is 5.57 Å². The summed E-state index contributed by atoms with van der Waals surface area (Å²) in [6, 6.07) is 1.70. The first-order valence-electron chi connectivity index (χ1n) is 4.04. The Labute approximate surface area is 77.8 Å². The molecule has 0 bridgehead atoms. The van der Waals surface area contributed by atoms with E-state index in [4.69, 9.17) is 14.7 Å². The highest BCUT2D eigenvalue weighted by molar-refractivity contribution is 5.92. The van der Waals surface area contributed by atoms with Crippen LogP contribution in [0.3, 0.4) is 0 Å². The van der Waals surface area contributed by atoms with E-state index in [-0.39, 0.29) is 11.7 Å². The lowest BCUT2D eigenvalue weighted by Gasteiger charge is -2.06. The standard InChI is InChI=1S/C9H13NO3/c1-4-12-6-8(5-10)9(11)13-7(2)3/h6-7H,4H2,1-3H3/b8-6+. The lowest BCUT2D eigenvalue weighted by molar-refractivity contribution is -0.142. The summed E-state index contributed by atoms with van der Waals surface area (Å²) in [5.41, 5.74) is -0.115. The Morgan fingerprint density at radius 3 is 2.62 bits per heavy atom. The molecule has 4 heteroatoms. The average Bonchev–Trinajstić information content (AvgIpc) is 2.04. The number of esters is 1. The molecule has 0 aromatic rings. The zero-order valence-corrected chi connectivity index (χ0v) is 8.03.